The van der Waals surface area contributed by atoms with Crippen LogP contribution in [0.5, 0.6) is 17.5 Å². The number of aromatic nitrogens is 3. The van der Waals surface area contributed by atoms with Crippen LogP contribution < -0.4 is 10.3 Å². The van der Waals surface area contributed by atoms with Crippen molar-refractivity contribution in [2.75, 3.05) is 0 Å². The summed E-state index contributed by atoms with van der Waals surface area (Å²) in [6.07, 6.45) is 4.00. The number of aromatic hydroxyl groups is 1. The Morgan fingerprint density at radius 3 is 2.31 bits per heavy atom. The van der Waals surface area contributed by atoms with Gasteiger partial charge in [-0.05, 0) is 23.8 Å². The molecule has 0 bridgehead atoms. The van der Waals surface area contributed by atoms with Gasteiger partial charge < -0.3 is 14.8 Å². The van der Waals surface area contributed by atoms with E-state index in [4.69, 9.17) is 4.74 Å². The van der Waals surface area contributed by atoms with Crippen LogP contribution in [0.4, 0.5) is 11.4 Å². The second-order valence-electron chi connectivity index (χ2n) is 5.50. The Morgan fingerprint density at radius 1 is 1.03 bits per heavy atom. The summed E-state index contributed by atoms with van der Waals surface area (Å²) in [5.74, 6) is -0.420. The van der Waals surface area contributed by atoms with Gasteiger partial charge in [0.15, 0.2) is 0 Å². The van der Waals surface area contributed by atoms with E-state index >= 15 is 0 Å². The predicted octanol–water partition coefficient (Wildman–Crippen LogP) is 2.65. The standard InChI is InChI=1S/C17H11N5O7/c23-16-15(22(27)28)17(24)20-13(19-16)7-3-10-1-5-12(6-2-10)29-14-8-4-11(9-18-14)21(25)26/h1-9H,(H2,19,20,23,24)/b7-3+. The highest BCUT2D eigenvalue weighted by Crippen LogP contribution is 2.22. The van der Waals surface area contributed by atoms with E-state index in [9.17, 15) is 30.1 Å². The van der Waals surface area contributed by atoms with E-state index in [-0.39, 0.29) is 17.4 Å². The topological polar surface area (TPSA) is 174 Å². The first-order chi connectivity index (χ1) is 13.8. The van der Waals surface area contributed by atoms with Crippen LogP contribution in [0.1, 0.15) is 11.4 Å². The summed E-state index contributed by atoms with van der Waals surface area (Å²) in [4.78, 5) is 40.9. The lowest BCUT2D eigenvalue weighted by Gasteiger charge is -2.04. The molecule has 0 atom stereocenters. The van der Waals surface area contributed by atoms with E-state index < -0.39 is 27.0 Å². The van der Waals surface area contributed by atoms with Gasteiger partial charge in [-0.3, -0.25) is 25.0 Å². The Kier molecular flexibility index (Phi) is 5.26. The fourth-order valence-corrected chi connectivity index (χ4v) is 2.20. The summed E-state index contributed by atoms with van der Waals surface area (Å²) in [5, 5.41) is 30.8. The summed E-state index contributed by atoms with van der Waals surface area (Å²) in [7, 11) is 0. The van der Waals surface area contributed by atoms with Crippen LogP contribution in [0.25, 0.3) is 12.2 Å². The van der Waals surface area contributed by atoms with Crippen molar-refractivity contribution >= 4 is 23.5 Å². The summed E-state index contributed by atoms with van der Waals surface area (Å²) >= 11 is 0. The number of benzene rings is 1. The van der Waals surface area contributed by atoms with Gasteiger partial charge in [0.2, 0.25) is 5.88 Å². The molecule has 0 aliphatic heterocycles. The number of rotatable bonds is 6. The van der Waals surface area contributed by atoms with E-state index in [1.807, 2.05) is 0 Å². The van der Waals surface area contributed by atoms with E-state index in [1.165, 1.54) is 18.2 Å². The van der Waals surface area contributed by atoms with Crippen LogP contribution in [-0.2, 0) is 0 Å². The lowest BCUT2D eigenvalue weighted by molar-refractivity contribution is -0.387. The maximum Gasteiger partial charge on any atom is 0.395 e. The zero-order valence-electron chi connectivity index (χ0n) is 14.4. The first-order valence-electron chi connectivity index (χ1n) is 7.87. The van der Waals surface area contributed by atoms with Gasteiger partial charge in [0.05, 0.1) is 9.85 Å². The molecular formula is C17H11N5O7. The predicted molar refractivity (Wildman–Crippen MR) is 99.5 cm³/mol. The summed E-state index contributed by atoms with van der Waals surface area (Å²) < 4.78 is 5.48. The average Bonchev–Trinajstić information content (AvgIpc) is 2.67. The first kappa shape index (κ1) is 19.2. The zero-order chi connectivity index (χ0) is 21.0. The normalized spacial score (nSPS) is 10.8. The maximum absolute atomic E-state index is 11.6. The molecular weight excluding hydrogens is 386 g/mol. The average molecular weight is 397 g/mol. The van der Waals surface area contributed by atoms with Crippen molar-refractivity contribution in [3.05, 3.63) is 84.6 Å². The monoisotopic (exact) mass is 397 g/mol. The van der Waals surface area contributed by atoms with Crippen molar-refractivity contribution in [3.63, 3.8) is 0 Å². The fraction of sp³-hybridized carbons (Fsp3) is 0. The van der Waals surface area contributed by atoms with Crippen molar-refractivity contribution in [3.8, 4) is 17.5 Å². The van der Waals surface area contributed by atoms with Gasteiger partial charge >= 0.3 is 11.2 Å². The Hall–Kier alpha value is -4.61. The van der Waals surface area contributed by atoms with Crippen molar-refractivity contribution in [2.24, 2.45) is 0 Å². The molecule has 0 saturated carbocycles. The molecule has 1 aromatic carbocycles. The van der Waals surface area contributed by atoms with Crippen molar-refractivity contribution in [1.82, 2.24) is 15.0 Å². The van der Waals surface area contributed by atoms with Gasteiger partial charge in [-0.2, -0.15) is 4.98 Å². The quantitative estimate of drug-likeness (QED) is 0.468. The molecule has 0 radical (unpaired) electrons. The lowest BCUT2D eigenvalue weighted by atomic mass is 10.2. The molecule has 3 rings (SSSR count). The molecule has 12 heteroatoms. The molecule has 0 fully saturated rings. The van der Waals surface area contributed by atoms with Crippen molar-refractivity contribution in [1.29, 1.82) is 0 Å². The minimum Gasteiger partial charge on any atom is -0.488 e. The molecule has 3 aromatic rings. The van der Waals surface area contributed by atoms with Crippen LogP contribution in [0, 0.1) is 20.2 Å². The molecule has 12 nitrogen and oxygen atoms in total. The molecule has 0 aliphatic rings. The van der Waals surface area contributed by atoms with Gasteiger partial charge in [0, 0.05) is 12.1 Å². The number of nitro groups is 2. The Balaban J connectivity index is 1.71. The van der Waals surface area contributed by atoms with Crippen LogP contribution in [0.2, 0.25) is 0 Å². The summed E-state index contributed by atoms with van der Waals surface area (Å²) in [5.41, 5.74) is -1.57. The number of nitrogens with zero attached hydrogens (tertiary/aromatic N) is 4. The summed E-state index contributed by atoms with van der Waals surface area (Å²) in [6.45, 7) is 0. The van der Waals surface area contributed by atoms with E-state index in [1.54, 1.807) is 30.3 Å². The largest absolute Gasteiger partial charge is 0.488 e. The second kappa shape index (κ2) is 7.96. The van der Waals surface area contributed by atoms with Gasteiger partial charge in [0.1, 0.15) is 17.8 Å². The van der Waals surface area contributed by atoms with E-state index in [0.717, 1.165) is 6.20 Å². The van der Waals surface area contributed by atoms with Crippen LogP contribution >= 0.6 is 0 Å². The number of hydrogen-bond donors (Lipinski definition) is 2. The van der Waals surface area contributed by atoms with Crippen molar-refractivity contribution < 1.29 is 19.7 Å². The number of hydrogen-bond acceptors (Lipinski definition) is 9. The molecule has 2 aromatic heterocycles. The highest BCUT2D eigenvalue weighted by Gasteiger charge is 2.21. The highest BCUT2D eigenvalue weighted by atomic mass is 16.6. The molecule has 0 amide bonds. The number of ether oxygens (including phenoxy) is 1. The van der Waals surface area contributed by atoms with Crippen LogP contribution in [-0.4, -0.2) is 29.9 Å². The zero-order valence-corrected chi connectivity index (χ0v) is 14.4. The fourth-order valence-electron chi connectivity index (χ4n) is 2.20. The van der Waals surface area contributed by atoms with Crippen LogP contribution in [0.3, 0.4) is 0 Å². The third-order valence-corrected chi connectivity index (χ3v) is 3.55. The third-order valence-electron chi connectivity index (χ3n) is 3.55. The molecule has 146 valence electrons. The molecule has 2 N–H and O–H groups in total. The highest BCUT2D eigenvalue weighted by molar-refractivity contribution is 5.67. The minimum absolute atomic E-state index is 0.0616. The molecule has 0 aliphatic carbocycles. The Bertz CT molecular complexity index is 1150. The molecule has 0 saturated heterocycles. The van der Waals surface area contributed by atoms with Gasteiger partial charge in [-0.25, -0.2) is 4.98 Å². The number of pyridine rings is 1. The van der Waals surface area contributed by atoms with Crippen molar-refractivity contribution in [2.45, 2.75) is 0 Å². The Morgan fingerprint density at radius 2 is 1.76 bits per heavy atom. The molecule has 29 heavy (non-hydrogen) atoms. The number of nitrogens with one attached hydrogen (secondary N) is 1. The number of H-pyrrole nitrogens is 1. The van der Waals surface area contributed by atoms with Crippen LogP contribution in [0.15, 0.2) is 47.4 Å². The maximum atomic E-state index is 11.6. The lowest BCUT2D eigenvalue weighted by Crippen LogP contribution is -2.14. The van der Waals surface area contributed by atoms with Gasteiger partial charge in [-0.15, -0.1) is 0 Å². The van der Waals surface area contributed by atoms with E-state index in [0.29, 0.717) is 11.3 Å². The SMILES string of the molecule is O=c1[nH]c(/C=C/c2ccc(Oc3ccc([N+](=O)[O-])cn3)cc2)nc(O)c1[N+](=O)[O-]. The Labute approximate surface area is 161 Å². The third kappa shape index (κ3) is 4.57. The smallest absolute Gasteiger partial charge is 0.395 e. The van der Waals surface area contributed by atoms with E-state index in [2.05, 4.69) is 15.0 Å². The number of aromatic amines is 1. The molecule has 0 spiro atoms. The first-order valence-corrected chi connectivity index (χ1v) is 7.87. The molecule has 2 heterocycles. The second-order valence-corrected chi connectivity index (χ2v) is 5.50. The van der Waals surface area contributed by atoms with Gasteiger partial charge in [-0.1, -0.05) is 18.2 Å². The minimum atomic E-state index is -1.07. The van der Waals surface area contributed by atoms with Gasteiger partial charge in [0.25, 0.3) is 11.6 Å². The summed E-state index contributed by atoms with van der Waals surface area (Å²) in [6, 6.07) is 9.21. The molecule has 0 unspecified atom stereocenters.